The molecule has 0 heterocycles. The number of Topliss-reactive ketones (excluding diaryl/α,β-unsaturated/α-hetero) is 2. The number of aliphatic hydroxyl groups excluding tert-OH is 1. The Labute approximate surface area is 147 Å². The highest BCUT2D eigenvalue weighted by Crippen LogP contribution is 2.36. The van der Waals surface area contributed by atoms with Crippen LogP contribution in [0.4, 0.5) is 0 Å². The van der Waals surface area contributed by atoms with Crippen LogP contribution in [0.3, 0.4) is 0 Å². The van der Waals surface area contributed by atoms with Crippen molar-refractivity contribution in [3.05, 3.63) is 23.8 Å². The highest BCUT2D eigenvalue weighted by atomic mass is 28.4. The summed E-state index contributed by atoms with van der Waals surface area (Å²) in [7, 11) is -1.85. The van der Waals surface area contributed by atoms with Crippen molar-refractivity contribution in [2.24, 2.45) is 0 Å². The normalized spacial score (nSPS) is 19.2. The predicted octanol–water partition coefficient (Wildman–Crippen LogP) is 3.95. The van der Waals surface area contributed by atoms with Gasteiger partial charge in [0.1, 0.15) is 0 Å². The molecule has 1 aliphatic rings. The Kier molecular flexibility index (Phi) is 7.77. The number of rotatable bonds is 9. The monoisotopic (exact) mass is 352 g/mol. The second kappa shape index (κ2) is 8.88. The van der Waals surface area contributed by atoms with E-state index in [1.165, 1.54) is 0 Å². The molecule has 5 heteroatoms. The fourth-order valence-corrected chi connectivity index (χ4v) is 3.14. The number of unbranched alkanes of at least 4 members (excludes halogenated alkanes) is 1. The van der Waals surface area contributed by atoms with Gasteiger partial charge in [-0.3, -0.25) is 9.59 Å². The van der Waals surface area contributed by atoms with Crippen molar-refractivity contribution in [2.75, 3.05) is 6.61 Å². The first-order valence-electron chi connectivity index (χ1n) is 8.75. The van der Waals surface area contributed by atoms with Gasteiger partial charge < -0.3 is 9.53 Å². The number of aliphatic hydroxyl groups is 1. The Balaban J connectivity index is 2.19. The lowest BCUT2D eigenvalue weighted by molar-refractivity contribution is -0.121. The van der Waals surface area contributed by atoms with E-state index in [1.807, 2.05) is 12.2 Å². The molecule has 0 aromatic carbocycles. The molecular weight excluding hydrogens is 320 g/mol. The summed E-state index contributed by atoms with van der Waals surface area (Å²) >= 11 is 0. The molecule has 0 radical (unpaired) electrons. The number of carbonyl (C=O) groups excluding carboxylic acids is 2. The number of hydrogen-bond donors (Lipinski definition) is 1. The molecule has 4 nitrogen and oxygen atoms in total. The van der Waals surface area contributed by atoms with Gasteiger partial charge in [0.05, 0.1) is 12.7 Å². The van der Waals surface area contributed by atoms with Crippen molar-refractivity contribution in [1.29, 1.82) is 0 Å². The van der Waals surface area contributed by atoms with Gasteiger partial charge in [0, 0.05) is 12.8 Å². The molecular formula is C19H32O4Si. The first-order valence-corrected chi connectivity index (χ1v) is 11.7. The largest absolute Gasteiger partial charge is 0.410 e. The van der Waals surface area contributed by atoms with Gasteiger partial charge in [-0.1, -0.05) is 32.9 Å². The quantitative estimate of drug-likeness (QED) is 0.388. The van der Waals surface area contributed by atoms with E-state index in [1.54, 1.807) is 6.08 Å². The molecule has 1 unspecified atom stereocenters. The van der Waals surface area contributed by atoms with Crippen molar-refractivity contribution in [3.63, 3.8) is 0 Å². The van der Waals surface area contributed by atoms with E-state index in [2.05, 4.69) is 33.9 Å². The highest BCUT2D eigenvalue weighted by Gasteiger charge is 2.37. The molecule has 0 saturated heterocycles. The molecule has 0 aromatic heterocycles. The average molecular weight is 353 g/mol. The summed E-state index contributed by atoms with van der Waals surface area (Å²) in [5.41, 5.74) is 0.692. The molecule has 24 heavy (non-hydrogen) atoms. The van der Waals surface area contributed by atoms with Crippen LogP contribution >= 0.6 is 0 Å². The number of ketones is 2. The van der Waals surface area contributed by atoms with E-state index in [0.717, 1.165) is 12.8 Å². The maximum atomic E-state index is 11.9. The van der Waals surface area contributed by atoms with Crippen LogP contribution in [0.2, 0.25) is 18.1 Å². The highest BCUT2D eigenvalue weighted by molar-refractivity contribution is 6.74. The summed E-state index contributed by atoms with van der Waals surface area (Å²) in [4.78, 5) is 23.4. The van der Waals surface area contributed by atoms with E-state index < -0.39 is 14.4 Å². The SMILES string of the molecule is CC(C)(C)[Si](C)(C)OCC(=O)CCC/C=C\CC1=CC(O)CC1=O. The van der Waals surface area contributed by atoms with Crippen molar-refractivity contribution < 1.29 is 19.1 Å². The van der Waals surface area contributed by atoms with E-state index in [-0.39, 0.29) is 29.6 Å². The van der Waals surface area contributed by atoms with Crippen LogP contribution in [-0.4, -0.2) is 37.7 Å². The van der Waals surface area contributed by atoms with Gasteiger partial charge in [0.2, 0.25) is 0 Å². The summed E-state index contributed by atoms with van der Waals surface area (Å²) in [6.07, 6.45) is 7.89. The third-order valence-corrected chi connectivity index (χ3v) is 9.36. The molecule has 0 saturated carbocycles. The zero-order valence-electron chi connectivity index (χ0n) is 15.7. The van der Waals surface area contributed by atoms with Crippen LogP contribution < -0.4 is 0 Å². The Morgan fingerprint density at radius 1 is 1.38 bits per heavy atom. The minimum atomic E-state index is -1.85. The Bertz CT molecular complexity index is 512. The third-order valence-electron chi connectivity index (χ3n) is 4.88. The molecule has 1 atom stereocenters. The predicted molar refractivity (Wildman–Crippen MR) is 99.5 cm³/mol. The van der Waals surface area contributed by atoms with E-state index in [9.17, 15) is 14.7 Å². The summed E-state index contributed by atoms with van der Waals surface area (Å²) < 4.78 is 5.93. The van der Waals surface area contributed by atoms with Crippen molar-refractivity contribution in [3.8, 4) is 0 Å². The maximum Gasteiger partial charge on any atom is 0.192 e. The van der Waals surface area contributed by atoms with Gasteiger partial charge in [-0.15, -0.1) is 0 Å². The average Bonchev–Trinajstić information content (AvgIpc) is 2.77. The minimum absolute atomic E-state index is 0.0325. The summed E-state index contributed by atoms with van der Waals surface area (Å²) in [6.45, 7) is 11.0. The topological polar surface area (TPSA) is 63.6 Å². The molecule has 0 aliphatic heterocycles. The summed E-state index contributed by atoms with van der Waals surface area (Å²) in [5.74, 6) is 0.190. The van der Waals surface area contributed by atoms with Gasteiger partial charge in [-0.2, -0.15) is 0 Å². The van der Waals surface area contributed by atoms with Gasteiger partial charge >= 0.3 is 0 Å². The zero-order valence-corrected chi connectivity index (χ0v) is 16.7. The van der Waals surface area contributed by atoms with E-state index in [0.29, 0.717) is 18.4 Å². The molecule has 1 N–H and O–H groups in total. The van der Waals surface area contributed by atoms with Crippen LogP contribution in [0.15, 0.2) is 23.8 Å². The van der Waals surface area contributed by atoms with Crippen LogP contribution in [0.5, 0.6) is 0 Å². The Morgan fingerprint density at radius 2 is 2.04 bits per heavy atom. The minimum Gasteiger partial charge on any atom is -0.410 e. The van der Waals surface area contributed by atoms with Crippen molar-refractivity contribution in [1.82, 2.24) is 0 Å². The van der Waals surface area contributed by atoms with Crippen molar-refractivity contribution in [2.45, 2.75) is 77.1 Å². The number of allylic oxidation sites excluding steroid dienone is 3. The van der Waals surface area contributed by atoms with Crippen LogP contribution in [0.25, 0.3) is 0 Å². The molecule has 0 bridgehead atoms. The Hall–Kier alpha value is -1.04. The van der Waals surface area contributed by atoms with Gasteiger partial charge in [0.15, 0.2) is 19.9 Å². The molecule has 0 amide bonds. The van der Waals surface area contributed by atoms with Gasteiger partial charge in [-0.05, 0) is 49.0 Å². The van der Waals surface area contributed by atoms with Crippen LogP contribution in [0, 0.1) is 0 Å². The summed E-state index contributed by atoms with van der Waals surface area (Å²) in [5, 5.41) is 9.48. The smallest absolute Gasteiger partial charge is 0.192 e. The first kappa shape index (κ1) is 21.0. The van der Waals surface area contributed by atoms with Crippen LogP contribution in [-0.2, 0) is 14.0 Å². The lowest BCUT2D eigenvalue weighted by Crippen LogP contribution is -2.42. The van der Waals surface area contributed by atoms with Crippen molar-refractivity contribution >= 4 is 19.9 Å². The lowest BCUT2D eigenvalue weighted by atomic mass is 10.1. The molecule has 1 rings (SSSR count). The maximum absolute atomic E-state index is 11.9. The second-order valence-corrected chi connectivity index (χ2v) is 12.9. The third kappa shape index (κ3) is 6.83. The number of carbonyl (C=O) groups is 2. The van der Waals surface area contributed by atoms with E-state index >= 15 is 0 Å². The zero-order chi connectivity index (χ0) is 18.4. The lowest BCUT2D eigenvalue weighted by Gasteiger charge is -2.35. The Morgan fingerprint density at radius 3 is 2.58 bits per heavy atom. The number of hydrogen-bond acceptors (Lipinski definition) is 4. The molecule has 1 aliphatic carbocycles. The fourth-order valence-electron chi connectivity index (χ4n) is 2.18. The van der Waals surface area contributed by atoms with Crippen LogP contribution in [0.1, 0.15) is 52.9 Å². The molecule has 0 fully saturated rings. The molecule has 136 valence electrons. The van der Waals surface area contributed by atoms with Gasteiger partial charge in [0.25, 0.3) is 0 Å². The first-order chi connectivity index (χ1) is 11.0. The molecule has 0 aromatic rings. The standard InChI is InChI=1S/C19H32O4Si/c1-19(2,3)24(4,5)23-14-16(20)11-9-7-6-8-10-15-12-17(21)13-18(15)22/h6,8,12,17,21H,7,9-11,13-14H2,1-5H3/b8-6-. The fraction of sp³-hybridized carbons (Fsp3) is 0.684. The second-order valence-electron chi connectivity index (χ2n) is 8.04. The van der Waals surface area contributed by atoms with E-state index in [4.69, 9.17) is 4.43 Å². The van der Waals surface area contributed by atoms with Gasteiger partial charge in [-0.25, -0.2) is 0 Å². The summed E-state index contributed by atoms with van der Waals surface area (Å²) in [6, 6.07) is 0. The molecule has 0 spiro atoms.